The number of urea groups is 1. The van der Waals surface area contributed by atoms with Gasteiger partial charge in [-0.3, -0.25) is 9.48 Å². The van der Waals surface area contributed by atoms with E-state index in [1.807, 2.05) is 11.9 Å². The standard InChI is InChI=1S/C17H27N5O3/c1-20-14-6-10-22(17(24)18-7-5-11-25-2)12-13(14)15(19-20)16(23)21-8-3-4-9-21/h3-12H2,1-2H3,(H,18,24). The third kappa shape index (κ3) is 3.78. The van der Waals surface area contributed by atoms with Crippen molar-refractivity contribution in [3.05, 3.63) is 17.0 Å². The van der Waals surface area contributed by atoms with E-state index in [0.717, 1.165) is 50.0 Å². The van der Waals surface area contributed by atoms with Crippen LogP contribution in [0.4, 0.5) is 4.79 Å². The van der Waals surface area contributed by atoms with Gasteiger partial charge >= 0.3 is 6.03 Å². The van der Waals surface area contributed by atoms with Gasteiger partial charge in [0.15, 0.2) is 5.69 Å². The van der Waals surface area contributed by atoms with Gasteiger partial charge in [0.25, 0.3) is 5.91 Å². The molecule has 1 aromatic rings. The molecule has 0 aliphatic carbocycles. The number of likely N-dealkylation sites (tertiary alicyclic amines) is 1. The SMILES string of the molecule is COCCCNC(=O)N1CCc2c(c(C(=O)N3CCCC3)nn2C)C1. The molecule has 1 fully saturated rings. The minimum Gasteiger partial charge on any atom is -0.385 e. The van der Waals surface area contributed by atoms with Gasteiger partial charge in [0.1, 0.15) is 0 Å². The molecule has 3 rings (SSSR count). The van der Waals surface area contributed by atoms with Crippen LogP contribution in [0.3, 0.4) is 0 Å². The number of ether oxygens (including phenoxy) is 1. The zero-order valence-electron chi connectivity index (χ0n) is 15.1. The predicted octanol–water partition coefficient (Wildman–Crippen LogP) is 0.760. The number of aryl methyl sites for hydroxylation is 1. The molecule has 138 valence electrons. The number of aromatic nitrogens is 2. The summed E-state index contributed by atoms with van der Waals surface area (Å²) in [6, 6.07) is -0.0924. The Hall–Kier alpha value is -2.09. The van der Waals surface area contributed by atoms with Crippen LogP contribution >= 0.6 is 0 Å². The number of hydrogen-bond acceptors (Lipinski definition) is 4. The van der Waals surface area contributed by atoms with Gasteiger partial charge in [-0.15, -0.1) is 0 Å². The lowest BCUT2D eigenvalue weighted by Crippen LogP contribution is -2.43. The number of nitrogens with one attached hydrogen (secondary N) is 1. The van der Waals surface area contributed by atoms with E-state index in [4.69, 9.17) is 4.74 Å². The Bertz CT molecular complexity index is 636. The maximum atomic E-state index is 12.8. The van der Waals surface area contributed by atoms with E-state index >= 15 is 0 Å². The fraction of sp³-hybridized carbons (Fsp3) is 0.706. The van der Waals surface area contributed by atoms with Crippen LogP contribution in [0.25, 0.3) is 0 Å². The zero-order chi connectivity index (χ0) is 17.8. The van der Waals surface area contributed by atoms with Crippen molar-refractivity contribution >= 4 is 11.9 Å². The number of carbonyl (C=O) groups excluding carboxylic acids is 2. The molecule has 8 heteroatoms. The maximum absolute atomic E-state index is 12.8. The molecule has 3 heterocycles. The number of methoxy groups -OCH3 is 1. The molecule has 3 amide bonds. The summed E-state index contributed by atoms with van der Waals surface area (Å²) in [5, 5.41) is 7.38. The van der Waals surface area contributed by atoms with Crippen LogP contribution in [0.1, 0.15) is 41.0 Å². The first-order valence-corrected chi connectivity index (χ1v) is 8.97. The van der Waals surface area contributed by atoms with E-state index in [9.17, 15) is 9.59 Å². The average molecular weight is 349 g/mol. The molecule has 2 aliphatic rings. The Labute approximate surface area is 148 Å². The third-order valence-corrected chi connectivity index (χ3v) is 4.93. The molecule has 2 aliphatic heterocycles. The van der Waals surface area contributed by atoms with Crippen molar-refractivity contribution in [2.45, 2.75) is 32.2 Å². The molecule has 0 spiro atoms. The maximum Gasteiger partial charge on any atom is 0.317 e. The Kier molecular flexibility index (Phi) is 5.57. The van der Waals surface area contributed by atoms with Gasteiger partial charge in [0.2, 0.25) is 0 Å². The van der Waals surface area contributed by atoms with Crippen molar-refractivity contribution in [3.8, 4) is 0 Å². The lowest BCUT2D eigenvalue weighted by Gasteiger charge is -2.28. The zero-order valence-corrected chi connectivity index (χ0v) is 15.1. The van der Waals surface area contributed by atoms with Gasteiger partial charge in [0, 0.05) is 64.6 Å². The van der Waals surface area contributed by atoms with Gasteiger partial charge < -0.3 is 19.9 Å². The molecule has 0 bridgehead atoms. The van der Waals surface area contributed by atoms with E-state index in [2.05, 4.69) is 10.4 Å². The molecule has 0 atom stereocenters. The summed E-state index contributed by atoms with van der Waals surface area (Å²) in [4.78, 5) is 28.8. The van der Waals surface area contributed by atoms with E-state index in [-0.39, 0.29) is 11.9 Å². The number of rotatable bonds is 5. The van der Waals surface area contributed by atoms with Crippen molar-refractivity contribution in [2.24, 2.45) is 7.05 Å². The average Bonchev–Trinajstić information content (AvgIpc) is 3.26. The Morgan fingerprint density at radius 2 is 1.96 bits per heavy atom. The minimum atomic E-state index is -0.0924. The highest BCUT2D eigenvalue weighted by Crippen LogP contribution is 2.24. The molecule has 8 nitrogen and oxygen atoms in total. The van der Waals surface area contributed by atoms with Gasteiger partial charge in [-0.2, -0.15) is 5.10 Å². The Morgan fingerprint density at radius 3 is 2.68 bits per heavy atom. The summed E-state index contributed by atoms with van der Waals surface area (Å²) in [6.45, 7) is 3.89. The summed E-state index contributed by atoms with van der Waals surface area (Å²) < 4.78 is 6.79. The molecule has 0 saturated carbocycles. The van der Waals surface area contributed by atoms with Crippen LogP contribution in [-0.2, 0) is 24.8 Å². The fourth-order valence-corrected chi connectivity index (χ4v) is 3.53. The second-order valence-electron chi connectivity index (χ2n) is 6.65. The number of nitrogens with zero attached hydrogens (tertiary/aromatic N) is 4. The number of carbonyl (C=O) groups is 2. The minimum absolute atomic E-state index is 0.00305. The second-order valence-corrected chi connectivity index (χ2v) is 6.65. The van der Waals surface area contributed by atoms with Crippen LogP contribution in [0, 0.1) is 0 Å². The monoisotopic (exact) mass is 349 g/mol. The summed E-state index contributed by atoms with van der Waals surface area (Å²) >= 11 is 0. The van der Waals surface area contributed by atoms with Crippen molar-refractivity contribution in [1.29, 1.82) is 0 Å². The molecule has 0 aromatic carbocycles. The third-order valence-electron chi connectivity index (χ3n) is 4.93. The quantitative estimate of drug-likeness (QED) is 0.796. The van der Waals surface area contributed by atoms with E-state index in [1.54, 1.807) is 16.7 Å². The van der Waals surface area contributed by atoms with Crippen LogP contribution in [0.2, 0.25) is 0 Å². The van der Waals surface area contributed by atoms with Gasteiger partial charge in [-0.05, 0) is 19.3 Å². The van der Waals surface area contributed by atoms with E-state index in [1.165, 1.54) is 0 Å². The number of fused-ring (bicyclic) bond motifs is 1. The first-order chi connectivity index (χ1) is 12.1. The van der Waals surface area contributed by atoms with Gasteiger partial charge in [-0.25, -0.2) is 4.79 Å². The molecule has 1 saturated heterocycles. The van der Waals surface area contributed by atoms with Crippen LogP contribution in [0.5, 0.6) is 0 Å². The molecule has 1 N–H and O–H groups in total. The second kappa shape index (κ2) is 7.86. The topological polar surface area (TPSA) is 79.7 Å². The van der Waals surface area contributed by atoms with E-state index in [0.29, 0.717) is 31.9 Å². The van der Waals surface area contributed by atoms with Crippen molar-refractivity contribution in [1.82, 2.24) is 24.9 Å². The number of amides is 3. The summed E-state index contributed by atoms with van der Waals surface area (Å²) in [6.07, 6.45) is 3.61. The number of hydrogen-bond donors (Lipinski definition) is 1. The fourth-order valence-electron chi connectivity index (χ4n) is 3.53. The normalized spacial score (nSPS) is 16.9. The molecular weight excluding hydrogens is 322 g/mol. The molecular formula is C17H27N5O3. The Balaban J connectivity index is 1.69. The molecule has 1 aromatic heterocycles. The molecule has 0 radical (unpaired) electrons. The lowest BCUT2D eigenvalue weighted by atomic mass is 10.0. The highest BCUT2D eigenvalue weighted by atomic mass is 16.5. The first-order valence-electron chi connectivity index (χ1n) is 8.97. The largest absolute Gasteiger partial charge is 0.385 e. The highest BCUT2D eigenvalue weighted by molar-refractivity contribution is 5.94. The van der Waals surface area contributed by atoms with Crippen molar-refractivity contribution in [3.63, 3.8) is 0 Å². The smallest absolute Gasteiger partial charge is 0.317 e. The molecule has 25 heavy (non-hydrogen) atoms. The van der Waals surface area contributed by atoms with Crippen molar-refractivity contribution in [2.75, 3.05) is 39.9 Å². The lowest BCUT2D eigenvalue weighted by molar-refractivity contribution is 0.0783. The summed E-state index contributed by atoms with van der Waals surface area (Å²) in [7, 11) is 3.52. The Morgan fingerprint density at radius 1 is 1.20 bits per heavy atom. The highest BCUT2D eigenvalue weighted by Gasteiger charge is 2.31. The summed E-state index contributed by atoms with van der Waals surface area (Å²) in [5.41, 5.74) is 2.47. The predicted molar refractivity (Wildman–Crippen MR) is 92.4 cm³/mol. The van der Waals surface area contributed by atoms with Crippen LogP contribution in [0.15, 0.2) is 0 Å². The van der Waals surface area contributed by atoms with Crippen LogP contribution < -0.4 is 5.32 Å². The van der Waals surface area contributed by atoms with Crippen molar-refractivity contribution < 1.29 is 14.3 Å². The van der Waals surface area contributed by atoms with Gasteiger partial charge in [-0.1, -0.05) is 0 Å². The summed E-state index contributed by atoms with van der Waals surface area (Å²) in [5.74, 6) is -0.00305. The van der Waals surface area contributed by atoms with Crippen LogP contribution in [-0.4, -0.2) is 71.4 Å². The van der Waals surface area contributed by atoms with E-state index < -0.39 is 0 Å². The van der Waals surface area contributed by atoms with Gasteiger partial charge in [0.05, 0.1) is 6.54 Å². The molecule has 0 unspecified atom stereocenters. The first kappa shape index (κ1) is 17.7.